The Labute approximate surface area is 133 Å². The first-order chi connectivity index (χ1) is 10.5. The summed E-state index contributed by atoms with van der Waals surface area (Å²) >= 11 is 3.34. The van der Waals surface area contributed by atoms with Gasteiger partial charge in [-0.2, -0.15) is 4.98 Å². The van der Waals surface area contributed by atoms with Crippen molar-refractivity contribution < 1.29 is 0 Å². The first-order valence-electron chi connectivity index (χ1n) is 6.43. The summed E-state index contributed by atoms with van der Waals surface area (Å²) in [5.41, 5.74) is 0.282. The van der Waals surface area contributed by atoms with E-state index in [4.69, 9.17) is 0 Å². The lowest BCUT2D eigenvalue weighted by molar-refractivity contribution is 0.985. The zero-order valence-electron chi connectivity index (χ0n) is 11.8. The highest BCUT2D eigenvalue weighted by molar-refractivity contribution is 9.10. The van der Waals surface area contributed by atoms with E-state index in [0.717, 1.165) is 4.47 Å². The standard InChI is InChI=1S/C14H12BrN5O2/c1-20(2)14-18-11-10(13(22)19-14)17-12(21)9(16-11)7-3-5-8(15)6-4-7/h3-6H,1-2H3,(H,17,21)(H,16,18,19,22). The summed E-state index contributed by atoms with van der Waals surface area (Å²) in [5, 5.41) is 0. The van der Waals surface area contributed by atoms with E-state index in [2.05, 4.69) is 35.9 Å². The maximum absolute atomic E-state index is 12.2. The van der Waals surface area contributed by atoms with Gasteiger partial charge in [0.05, 0.1) is 0 Å². The third-order valence-corrected chi connectivity index (χ3v) is 3.63. The van der Waals surface area contributed by atoms with Crippen molar-refractivity contribution in [3.05, 3.63) is 49.4 Å². The highest BCUT2D eigenvalue weighted by atomic mass is 79.9. The molecule has 0 spiro atoms. The third-order valence-electron chi connectivity index (χ3n) is 3.10. The number of nitrogens with one attached hydrogen (secondary N) is 2. The fourth-order valence-corrected chi connectivity index (χ4v) is 2.25. The highest BCUT2D eigenvalue weighted by Crippen LogP contribution is 2.18. The Kier molecular flexibility index (Phi) is 3.53. The minimum absolute atomic E-state index is 0.0662. The van der Waals surface area contributed by atoms with E-state index in [0.29, 0.717) is 11.5 Å². The first kappa shape index (κ1) is 14.5. The number of aromatic nitrogens is 4. The zero-order chi connectivity index (χ0) is 15.9. The topological polar surface area (TPSA) is 94.7 Å². The number of anilines is 1. The van der Waals surface area contributed by atoms with E-state index in [9.17, 15) is 9.59 Å². The second-order valence-electron chi connectivity index (χ2n) is 4.90. The minimum atomic E-state index is -0.431. The number of H-pyrrole nitrogens is 2. The van der Waals surface area contributed by atoms with Gasteiger partial charge in [0.2, 0.25) is 5.95 Å². The molecule has 3 rings (SSSR count). The summed E-state index contributed by atoms with van der Waals surface area (Å²) in [4.78, 5) is 39.5. The predicted octanol–water partition coefficient (Wildman–Crippen LogP) is 1.50. The van der Waals surface area contributed by atoms with Gasteiger partial charge >= 0.3 is 0 Å². The Morgan fingerprint density at radius 3 is 2.32 bits per heavy atom. The molecule has 0 saturated carbocycles. The quantitative estimate of drug-likeness (QED) is 0.721. The molecule has 0 unspecified atom stereocenters. The molecular formula is C14H12BrN5O2. The van der Waals surface area contributed by atoms with Gasteiger partial charge in [-0.15, -0.1) is 0 Å². The molecule has 112 valence electrons. The van der Waals surface area contributed by atoms with Crippen molar-refractivity contribution >= 4 is 33.0 Å². The highest BCUT2D eigenvalue weighted by Gasteiger charge is 2.12. The normalized spacial score (nSPS) is 10.9. The monoisotopic (exact) mass is 361 g/mol. The van der Waals surface area contributed by atoms with Gasteiger partial charge in [0, 0.05) is 24.1 Å². The van der Waals surface area contributed by atoms with Crippen molar-refractivity contribution in [1.29, 1.82) is 0 Å². The molecule has 0 radical (unpaired) electrons. The largest absolute Gasteiger partial charge is 0.348 e. The zero-order valence-corrected chi connectivity index (χ0v) is 13.4. The van der Waals surface area contributed by atoms with Crippen molar-refractivity contribution in [2.45, 2.75) is 0 Å². The number of rotatable bonds is 2. The summed E-state index contributed by atoms with van der Waals surface area (Å²) in [6.45, 7) is 0. The van der Waals surface area contributed by atoms with Crippen LogP contribution in [0.5, 0.6) is 0 Å². The van der Waals surface area contributed by atoms with Gasteiger partial charge < -0.3 is 9.88 Å². The molecule has 2 aromatic heterocycles. The number of aromatic amines is 2. The van der Waals surface area contributed by atoms with Crippen molar-refractivity contribution in [2.75, 3.05) is 19.0 Å². The number of hydrogen-bond donors (Lipinski definition) is 2. The number of benzene rings is 1. The first-order valence-corrected chi connectivity index (χ1v) is 7.22. The average Bonchev–Trinajstić information content (AvgIpc) is 2.48. The van der Waals surface area contributed by atoms with E-state index in [1.807, 2.05) is 12.1 Å². The SMILES string of the molecule is CN(C)c1nc2nc(-c3ccc(Br)cc3)c(=O)[nH]c2c(=O)[nH]1. The van der Waals surface area contributed by atoms with Crippen LogP contribution in [0.4, 0.5) is 5.95 Å². The molecule has 22 heavy (non-hydrogen) atoms. The lowest BCUT2D eigenvalue weighted by Crippen LogP contribution is -2.23. The molecule has 0 aliphatic heterocycles. The molecule has 1 aromatic carbocycles. The minimum Gasteiger partial charge on any atom is -0.348 e. The fraction of sp³-hybridized carbons (Fsp3) is 0.143. The van der Waals surface area contributed by atoms with E-state index in [1.165, 1.54) is 0 Å². The van der Waals surface area contributed by atoms with Gasteiger partial charge in [-0.25, -0.2) is 4.98 Å². The molecule has 0 aliphatic rings. The summed E-state index contributed by atoms with van der Waals surface area (Å²) in [7, 11) is 3.51. The number of hydrogen-bond acceptors (Lipinski definition) is 5. The van der Waals surface area contributed by atoms with Crippen LogP contribution >= 0.6 is 15.9 Å². The molecule has 0 amide bonds. The molecule has 0 aliphatic carbocycles. The summed E-state index contributed by atoms with van der Waals surface area (Å²) in [5.74, 6) is 0.374. The lowest BCUT2D eigenvalue weighted by atomic mass is 10.1. The average molecular weight is 362 g/mol. The molecule has 7 nitrogen and oxygen atoms in total. The predicted molar refractivity (Wildman–Crippen MR) is 88.2 cm³/mol. The third kappa shape index (κ3) is 2.52. The van der Waals surface area contributed by atoms with Crippen molar-refractivity contribution in [1.82, 2.24) is 19.9 Å². The Bertz CT molecular complexity index is 960. The molecular weight excluding hydrogens is 350 g/mol. The van der Waals surface area contributed by atoms with Crippen LogP contribution in [0.3, 0.4) is 0 Å². The van der Waals surface area contributed by atoms with Gasteiger partial charge in [0.1, 0.15) is 5.69 Å². The lowest BCUT2D eigenvalue weighted by Gasteiger charge is -2.10. The van der Waals surface area contributed by atoms with Crippen LogP contribution in [0.15, 0.2) is 38.3 Å². The molecule has 2 heterocycles. The van der Waals surface area contributed by atoms with E-state index >= 15 is 0 Å². The molecule has 0 bridgehead atoms. The maximum Gasteiger partial charge on any atom is 0.278 e. The molecule has 2 N–H and O–H groups in total. The van der Waals surface area contributed by atoms with Crippen molar-refractivity contribution in [3.63, 3.8) is 0 Å². The summed E-state index contributed by atoms with van der Waals surface area (Å²) in [6.07, 6.45) is 0. The number of halogens is 1. The van der Waals surface area contributed by atoms with Crippen LogP contribution in [0.2, 0.25) is 0 Å². The van der Waals surface area contributed by atoms with Crippen molar-refractivity contribution in [2.24, 2.45) is 0 Å². The van der Waals surface area contributed by atoms with E-state index in [1.54, 1.807) is 31.1 Å². The van der Waals surface area contributed by atoms with Gasteiger partial charge in [0.15, 0.2) is 11.2 Å². The molecule has 3 aromatic rings. The molecule has 0 fully saturated rings. The fourth-order valence-electron chi connectivity index (χ4n) is 1.99. The summed E-state index contributed by atoms with van der Waals surface area (Å²) < 4.78 is 0.901. The molecule has 8 heteroatoms. The van der Waals surface area contributed by atoms with E-state index < -0.39 is 11.1 Å². The van der Waals surface area contributed by atoms with Crippen LogP contribution in [0.1, 0.15) is 0 Å². The van der Waals surface area contributed by atoms with Gasteiger partial charge in [0.25, 0.3) is 11.1 Å². The van der Waals surface area contributed by atoms with Crippen molar-refractivity contribution in [3.8, 4) is 11.3 Å². The second-order valence-corrected chi connectivity index (χ2v) is 5.82. The Morgan fingerprint density at radius 2 is 1.68 bits per heavy atom. The molecule has 0 saturated heterocycles. The number of nitrogens with zero attached hydrogens (tertiary/aromatic N) is 3. The Balaban J connectivity index is 2.29. The summed E-state index contributed by atoms with van der Waals surface area (Å²) in [6, 6.07) is 7.18. The van der Waals surface area contributed by atoms with Gasteiger partial charge in [-0.1, -0.05) is 28.1 Å². The Hall–Kier alpha value is -2.48. The van der Waals surface area contributed by atoms with Crippen LogP contribution in [-0.4, -0.2) is 34.0 Å². The van der Waals surface area contributed by atoms with Crippen LogP contribution in [0.25, 0.3) is 22.4 Å². The van der Waals surface area contributed by atoms with Crippen LogP contribution < -0.4 is 16.0 Å². The maximum atomic E-state index is 12.2. The number of fused-ring (bicyclic) bond motifs is 1. The van der Waals surface area contributed by atoms with Crippen LogP contribution in [0, 0.1) is 0 Å². The van der Waals surface area contributed by atoms with Crippen LogP contribution in [-0.2, 0) is 0 Å². The molecule has 0 atom stereocenters. The van der Waals surface area contributed by atoms with Gasteiger partial charge in [-0.05, 0) is 12.1 Å². The smallest absolute Gasteiger partial charge is 0.278 e. The van der Waals surface area contributed by atoms with Gasteiger partial charge in [-0.3, -0.25) is 14.6 Å². The van der Waals surface area contributed by atoms with E-state index in [-0.39, 0.29) is 16.9 Å². The Morgan fingerprint density at radius 1 is 1.00 bits per heavy atom. The second kappa shape index (κ2) is 5.38.